The summed E-state index contributed by atoms with van der Waals surface area (Å²) in [6.07, 6.45) is 4.55. The first-order valence-electron chi connectivity index (χ1n) is 7.94. The molecule has 2 rings (SSSR count). The highest BCUT2D eigenvalue weighted by molar-refractivity contribution is 4.87. The van der Waals surface area contributed by atoms with Crippen molar-refractivity contribution in [2.75, 3.05) is 19.6 Å². The van der Waals surface area contributed by atoms with E-state index in [1.165, 1.54) is 12.8 Å². The Bertz CT molecular complexity index is 391. The average molecular weight is 280 g/mol. The summed E-state index contributed by atoms with van der Waals surface area (Å²) >= 11 is 0. The lowest BCUT2D eigenvalue weighted by molar-refractivity contribution is 0.147. The van der Waals surface area contributed by atoms with Gasteiger partial charge in [-0.1, -0.05) is 25.9 Å². The van der Waals surface area contributed by atoms with Gasteiger partial charge < -0.3 is 9.84 Å². The second kappa shape index (κ2) is 7.74. The fourth-order valence-corrected chi connectivity index (χ4v) is 2.73. The molecule has 0 aliphatic carbocycles. The molecule has 0 spiro atoms. The fourth-order valence-electron chi connectivity index (χ4n) is 2.73. The Labute approximate surface area is 122 Å². The van der Waals surface area contributed by atoms with Crippen molar-refractivity contribution in [3.05, 3.63) is 11.7 Å². The topological polar surface area (TPSA) is 54.2 Å². The Hall–Kier alpha value is -0.940. The maximum atomic E-state index is 5.33. The molecule has 1 aromatic rings. The van der Waals surface area contributed by atoms with Crippen LogP contribution in [-0.2, 0) is 13.0 Å². The lowest BCUT2D eigenvalue weighted by atomic mass is 9.98. The van der Waals surface area contributed by atoms with Crippen molar-refractivity contribution in [2.45, 2.75) is 59.0 Å². The van der Waals surface area contributed by atoms with Crippen LogP contribution < -0.4 is 5.32 Å². The molecular formula is C15H28N4O. The summed E-state index contributed by atoms with van der Waals surface area (Å²) in [5.41, 5.74) is 0. The standard InChI is InChI=1S/C15H28N4O/c1-4-6-14-17-15(20-18-14)11-19-8-5-7-13(10-19)9-16-12(2)3/h12-13,16H,4-11H2,1-3H3. The third-order valence-electron chi connectivity index (χ3n) is 3.76. The van der Waals surface area contributed by atoms with Crippen molar-refractivity contribution < 1.29 is 4.52 Å². The number of hydrogen-bond donors (Lipinski definition) is 1. The summed E-state index contributed by atoms with van der Waals surface area (Å²) in [6, 6.07) is 0.568. The molecule has 2 heterocycles. The van der Waals surface area contributed by atoms with Crippen LogP contribution in [0.3, 0.4) is 0 Å². The van der Waals surface area contributed by atoms with E-state index < -0.39 is 0 Å². The van der Waals surface area contributed by atoms with Gasteiger partial charge in [-0.2, -0.15) is 4.98 Å². The number of nitrogens with one attached hydrogen (secondary N) is 1. The number of piperidine rings is 1. The van der Waals surface area contributed by atoms with Crippen LogP contribution in [0.1, 0.15) is 51.7 Å². The molecule has 1 atom stereocenters. The molecule has 0 radical (unpaired) electrons. The van der Waals surface area contributed by atoms with Crippen LogP contribution in [0, 0.1) is 5.92 Å². The Morgan fingerprint density at radius 1 is 1.45 bits per heavy atom. The predicted octanol–water partition coefficient (Wildman–Crippen LogP) is 2.23. The first kappa shape index (κ1) is 15.4. The third-order valence-corrected chi connectivity index (χ3v) is 3.76. The van der Waals surface area contributed by atoms with Crippen LogP contribution >= 0.6 is 0 Å². The highest BCUT2D eigenvalue weighted by Gasteiger charge is 2.21. The molecule has 5 nitrogen and oxygen atoms in total. The van der Waals surface area contributed by atoms with Gasteiger partial charge in [0.25, 0.3) is 0 Å². The molecule has 1 aliphatic heterocycles. The van der Waals surface area contributed by atoms with Crippen LogP contribution in [0.25, 0.3) is 0 Å². The number of aromatic nitrogens is 2. The number of aryl methyl sites for hydroxylation is 1. The zero-order valence-corrected chi connectivity index (χ0v) is 13.1. The molecule has 0 bridgehead atoms. The van der Waals surface area contributed by atoms with Crippen molar-refractivity contribution in [2.24, 2.45) is 5.92 Å². The van der Waals surface area contributed by atoms with E-state index in [9.17, 15) is 0 Å². The van der Waals surface area contributed by atoms with E-state index in [0.29, 0.717) is 6.04 Å². The second-order valence-electron chi connectivity index (χ2n) is 6.16. The van der Waals surface area contributed by atoms with Gasteiger partial charge in [0.1, 0.15) is 0 Å². The molecule has 5 heteroatoms. The zero-order valence-electron chi connectivity index (χ0n) is 13.1. The Morgan fingerprint density at radius 3 is 3.05 bits per heavy atom. The maximum absolute atomic E-state index is 5.33. The highest BCUT2D eigenvalue weighted by atomic mass is 16.5. The minimum Gasteiger partial charge on any atom is -0.338 e. The molecule has 114 valence electrons. The molecule has 0 aromatic carbocycles. The van der Waals surface area contributed by atoms with Gasteiger partial charge in [-0.3, -0.25) is 4.90 Å². The molecule has 1 saturated heterocycles. The van der Waals surface area contributed by atoms with Gasteiger partial charge in [0, 0.05) is 19.0 Å². The van der Waals surface area contributed by atoms with Gasteiger partial charge in [-0.05, 0) is 38.3 Å². The average Bonchev–Trinajstić information content (AvgIpc) is 2.85. The maximum Gasteiger partial charge on any atom is 0.240 e. The van der Waals surface area contributed by atoms with Crippen LogP contribution in [0.15, 0.2) is 4.52 Å². The normalized spacial score (nSPS) is 20.7. The van der Waals surface area contributed by atoms with Gasteiger partial charge >= 0.3 is 0 Å². The van der Waals surface area contributed by atoms with Crippen molar-refractivity contribution in [1.29, 1.82) is 0 Å². The lowest BCUT2D eigenvalue weighted by Crippen LogP contribution is -2.40. The van der Waals surface area contributed by atoms with E-state index in [1.54, 1.807) is 0 Å². The van der Waals surface area contributed by atoms with Gasteiger partial charge in [0.2, 0.25) is 5.89 Å². The van der Waals surface area contributed by atoms with Gasteiger partial charge in [-0.15, -0.1) is 0 Å². The van der Waals surface area contributed by atoms with Crippen LogP contribution in [0.2, 0.25) is 0 Å². The summed E-state index contributed by atoms with van der Waals surface area (Å²) in [5.74, 6) is 2.35. The largest absolute Gasteiger partial charge is 0.338 e. The SMILES string of the molecule is CCCc1noc(CN2CCCC(CNC(C)C)C2)n1. The van der Waals surface area contributed by atoms with E-state index >= 15 is 0 Å². The quantitative estimate of drug-likeness (QED) is 0.830. The lowest BCUT2D eigenvalue weighted by Gasteiger charge is -2.32. The van der Waals surface area contributed by atoms with Crippen LogP contribution in [-0.4, -0.2) is 40.7 Å². The predicted molar refractivity (Wildman–Crippen MR) is 79.4 cm³/mol. The van der Waals surface area contributed by atoms with Crippen LogP contribution in [0.4, 0.5) is 0 Å². The summed E-state index contributed by atoms with van der Waals surface area (Å²) in [4.78, 5) is 6.90. The first-order chi connectivity index (χ1) is 9.67. The Morgan fingerprint density at radius 2 is 2.30 bits per heavy atom. The van der Waals surface area contributed by atoms with Gasteiger partial charge in [-0.25, -0.2) is 0 Å². The fraction of sp³-hybridized carbons (Fsp3) is 0.867. The smallest absolute Gasteiger partial charge is 0.240 e. The molecule has 1 aliphatic rings. The summed E-state index contributed by atoms with van der Waals surface area (Å²) < 4.78 is 5.33. The molecule has 1 N–H and O–H groups in total. The summed E-state index contributed by atoms with van der Waals surface area (Å²) in [5, 5.41) is 7.57. The number of rotatable bonds is 7. The first-order valence-corrected chi connectivity index (χ1v) is 7.94. The molecular weight excluding hydrogens is 252 g/mol. The molecule has 0 amide bonds. The van der Waals surface area contributed by atoms with E-state index in [1.807, 2.05) is 0 Å². The van der Waals surface area contributed by atoms with Crippen molar-refractivity contribution >= 4 is 0 Å². The summed E-state index contributed by atoms with van der Waals surface area (Å²) in [7, 11) is 0. The van der Waals surface area contributed by atoms with Crippen LogP contribution in [0.5, 0.6) is 0 Å². The Balaban J connectivity index is 1.79. The zero-order chi connectivity index (χ0) is 14.4. The van der Waals surface area contributed by atoms with Crippen molar-refractivity contribution in [3.8, 4) is 0 Å². The third kappa shape index (κ3) is 4.87. The molecule has 20 heavy (non-hydrogen) atoms. The molecule has 1 fully saturated rings. The van der Waals surface area contributed by atoms with E-state index in [4.69, 9.17) is 4.52 Å². The molecule has 0 saturated carbocycles. The number of nitrogens with zero attached hydrogens (tertiary/aromatic N) is 3. The monoisotopic (exact) mass is 280 g/mol. The van der Waals surface area contributed by atoms with Crippen molar-refractivity contribution in [3.63, 3.8) is 0 Å². The second-order valence-corrected chi connectivity index (χ2v) is 6.16. The number of likely N-dealkylation sites (tertiary alicyclic amines) is 1. The van der Waals surface area contributed by atoms with Gasteiger partial charge in [0.05, 0.1) is 6.54 Å². The molecule has 1 aromatic heterocycles. The van der Waals surface area contributed by atoms with E-state index in [-0.39, 0.29) is 0 Å². The highest BCUT2D eigenvalue weighted by Crippen LogP contribution is 2.17. The molecule has 1 unspecified atom stereocenters. The minimum absolute atomic E-state index is 0.568. The summed E-state index contributed by atoms with van der Waals surface area (Å²) in [6.45, 7) is 10.7. The Kier molecular flexibility index (Phi) is 5.98. The minimum atomic E-state index is 0.568. The van der Waals surface area contributed by atoms with E-state index in [2.05, 4.69) is 41.1 Å². The van der Waals surface area contributed by atoms with Gasteiger partial charge in [0.15, 0.2) is 5.82 Å². The number of hydrogen-bond acceptors (Lipinski definition) is 5. The van der Waals surface area contributed by atoms with E-state index in [0.717, 1.165) is 56.7 Å². The van der Waals surface area contributed by atoms with Crippen molar-refractivity contribution in [1.82, 2.24) is 20.4 Å².